The van der Waals surface area contributed by atoms with Crippen LogP contribution in [-0.2, 0) is 8.85 Å². The minimum absolute atomic E-state index is 0.658. The molecule has 0 fully saturated rings. The van der Waals surface area contributed by atoms with E-state index in [2.05, 4.69) is 6.92 Å². The van der Waals surface area contributed by atoms with Crippen molar-refractivity contribution in [2.24, 2.45) is 0 Å². The highest BCUT2D eigenvalue weighted by Crippen LogP contribution is 2.22. The van der Waals surface area contributed by atoms with Gasteiger partial charge in [0.25, 0.3) is 0 Å². The largest absolute Gasteiger partial charge is 0.443 e. The minimum Gasteiger partial charge on any atom is -0.383 e. The lowest BCUT2D eigenvalue weighted by molar-refractivity contribution is 0.202. The smallest absolute Gasteiger partial charge is 0.383 e. The second-order valence-corrected chi connectivity index (χ2v) is 8.17. The molecule has 0 aromatic rings. The number of hydrogen-bond acceptors (Lipinski definition) is 2. The van der Waals surface area contributed by atoms with Crippen LogP contribution in [0.5, 0.6) is 0 Å². The average Bonchev–Trinajstić information content (AvgIpc) is 2.24. The molecule has 4 heteroatoms. The summed E-state index contributed by atoms with van der Waals surface area (Å²) >= 11 is 6.37. The topological polar surface area (TPSA) is 18.5 Å². The van der Waals surface area contributed by atoms with Gasteiger partial charge in [0.1, 0.15) is 0 Å². The Hall–Kier alpha value is 0.427. The first-order valence-corrected chi connectivity index (χ1v) is 9.68. The number of unbranched alkanes of at least 4 members (excludes halogenated alkanes) is 5. The standard InChI is InChI=1S/C12H27ClO2Si/c1-4-7-8-9-10-11-12-16(13,14-5-2)15-6-3/h4-12H2,1-3H3. The summed E-state index contributed by atoms with van der Waals surface area (Å²) in [6.07, 6.45) is 7.69. The van der Waals surface area contributed by atoms with Crippen LogP contribution >= 0.6 is 11.1 Å². The molecule has 0 atom stereocenters. The van der Waals surface area contributed by atoms with E-state index < -0.39 is 7.87 Å². The first-order chi connectivity index (χ1) is 7.68. The summed E-state index contributed by atoms with van der Waals surface area (Å²) in [5.41, 5.74) is 0. The lowest BCUT2D eigenvalue weighted by Crippen LogP contribution is -2.36. The maximum absolute atomic E-state index is 6.37. The summed E-state index contributed by atoms with van der Waals surface area (Å²) in [4.78, 5) is 0. The summed E-state index contributed by atoms with van der Waals surface area (Å²) in [5.74, 6) is 0. The Bertz CT molecular complexity index is 150. The fourth-order valence-corrected chi connectivity index (χ4v) is 4.70. The van der Waals surface area contributed by atoms with Gasteiger partial charge in [0, 0.05) is 19.3 Å². The van der Waals surface area contributed by atoms with Crippen LogP contribution in [0.2, 0.25) is 6.04 Å². The van der Waals surface area contributed by atoms with Crippen molar-refractivity contribution in [3.8, 4) is 0 Å². The molecule has 0 spiro atoms. The van der Waals surface area contributed by atoms with Crippen LogP contribution in [0, 0.1) is 0 Å². The molecule has 0 radical (unpaired) electrons. The fourth-order valence-electron chi connectivity index (χ4n) is 1.73. The zero-order valence-electron chi connectivity index (χ0n) is 11.1. The Balaban J connectivity index is 3.59. The van der Waals surface area contributed by atoms with Crippen LogP contribution in [0.3, 0.4) is 0 Å². The highest BCUT2D eigenvalue weighted by atomic mass is 35.6. The summed E-state index contributed by atoms with van der Waals surface area (Å²) in [5, 5.41) is 0. The number of rotatable bonds is 11. The average molecular weight is 267 g/mol. The quantitative estimate of drug-likeness (QED) is 0.309. The van der Waals surface area contributed by atoms with Crippen molar-refractivity contribution in [1.29, 1.82) is 0 Å². The number of halogens is 1. The van der Waals surface area contributed by atoms with Gasteiger partial charge in [-0.3, -0.25) is 0 Å². The van der Waals surface area contributed by atoms with E-state index >= 15 is 0 Å². The minimum atomic E-state index is -2.35. The van der Waals surface area contributed by atoms with E-state index in [1.54, 1.807) is 0 Å². The molecule has 0 saturated carbocycles. The second-order valence-electron chi connectivity index (χ2n) is 4.04. The van der Waals surface area contributed by atoms with Crippen LogP contribution in [0.4, 0.5) is 0 Å². The monoisotopic (exact) mass is 266 g/mol. The van der Waals surface area contributed by atoms with E-state index in [0.717, 1.165) is 12.5 Å². The Morgan fingerprint density at radius 1 is 0.812 bits per heavy atom. The van der Waals surface area contributed by atoms with E-state index in [-0.39, 0.29) is 0 Å². The van der Waals surface area contributed by atoms with Gasteiger partial charge in [-0.25, -0.2) is 0 Å². The zero-order chi connectivity index (χ0) is 12.3. The normalized spacial score (nSPS) is 12.0. The van der Waals surface area contributed by atoms with Gasteiger partial charge in [-0.15, -0.1) is 0 Å². The van der Waals surface area contributed by atoms with Crippen LogP contribution in [0.25, 0.3) is 0 Å². The fraction of sp³-hybridized carbons (Fsp3) is 1.00. The molecule has 16 heavy (non-hydrogen) atoms. The molecule has 0 amide bonds. The van der Waals surface area contributed by atoms with Gasteiger partial charge >= 0.3 is 7.87 Å². The zero-order valence-corrected chi connectivity index (χ0v) is 12.8. The van der Waals surface area contributed by atoms with E-state index in [9.17, 15) is 0 Å². The third kappa shape index (κ3) is 8.56. The third-order valence-corrected chi connectivity index (χ3v) is 6.16. The third-order valence-electron chi connectivity index (χ3n) is 2.55. The van der Waals surface area contributed by atoms with E-state index in [0.29, 0.717) is 13.2 Å². The van der Waals surface area contributed by atoms with Crippen LogP contribution in [-0.4, -0.2) is 21.1 Å². The van der Waals surface area contributed by atoms with Gasteiger partial charge < -0.3 is 8.85 Å². The Morgan fingerprint density at radius 3 is 1.81 bits per heavy atom. The molecule has 0 unspecified atom stereocenters. The van der Waals surface area contributed by atoms with Crippen molar-refractivity contribution < 1.29 is 8.85 Å². The van der Waals surface area contributed by atoms with E-state index in [4.69, 9.17) is 19.9 Å². The first-order valence-electron chi connectivity index (χ1n) is 6.65. The first kappa shape index (κ1) is 16.4. The molecule has 0 aliphatic carbocycles. The molecule has 0 heterocycles. The molecule has 0 rings (SSSR count). The molecule has 0 saturated heterocycles. The predicted octanol–water partition coefficient (Wildman–Crippen LogP) is 4.60. The van der Waals surface area contributed by atoms with Crippen LogP contribution in [0.1, 0.15) is 59.3 Å². The SMILES string of the molecule is CCCCCCCC[Si](Cl)(OCC)OCC. The highest BCUT2D eigenvalue weighted by molar-refractivity contribution is 7.12. The Kier molecular flexibility index (Phi) is 10.9. The molecule has 0 N–H and O–H groups in total. The molecule has 0 aromatic heterocycles. The molecule has 0 aromatic carbocycles. The maximum atomic E-state index is 6.37. The Labute approximate surface area is 107 Å². The lowest BCUT2D eigenvalue weighted by Gasteiger charge is -2.22. The predicted molar refractivity (Wildman–Crippen MR) is 73.0 cm³/mol. The van der Waals surface area contributed by atoms with Gasteiger partial charge in [-0.05, 0) is 13.8 Å². The van der Waals surface area contributed by atoms with Crippen molar-refractivity contribution in [2.75, 3.05) is 13.2 Å². The van der Waals surface area contributed by atoms with Crippen LogP contribution < -0.4 is 0 Å². The van der Waals surface area contributed by atoms with Crippen molar-refractivity contribution in [2.45, 2.75) is 65.3 Å². The molecule has 98 valence electrons. The molecule has 2 nitrogen and oxygen atoms in total. The van der Waals surface area contributed by atoms with Crippen LogP contribution in [0.15, 0.2) is 0 Å². The van der Waals surface area contributed by atoms with Gasteiger partial charge in [-0.1, -0.05) is 56.5 Å². The van der Waals surface area contributed by atoms with Crippen molar-refractivity contribution >= 4 is 18.9 Å². The van der Waals surface area contributed by atoms with Gasteiger partial charge in [0.15, 0.2) is 0 Å². The van der Waals surface area contributed by atoms with E-state index in [1.165, 1.54) is 32.1 Å². The molecule has 0 aliphatic heterocycles. The summed E-state index contributed by atoms with van der Waals surface area (Å²) in [6, 6.07) is 0.919. The number of hydrogen-bond donors (Lipinski definition) is 0. The van der Waals surface area contributed by atoms with Crippen molar-refractivity contribution in [1.82, 2.24) is 0 Å². The van der Waals surface area contributed by atoms with Gasteiger partial charge in [0.05, 0.1) is 0 Å². The molecule has 0 aliphatic rings. The second kappa shape index (κ2) is 10.6. The van der Waals surface area contributed by atoms with Crippen molar-refractivity contribution in [3.05, 3.63) is 0 Å². The molecule has 0 bridgehead atoms. The Morgan fingerprint density at radius 2 is 1.31 bits per heavy atom. The maximum Gasteiger partial charge on any atom is 0.443 e. The summed E-state index contributed by atoms with van der Waals surface area (Å²) in [6.45, 7) is 7.51. The van der Waals surface area contributed by atoms with Gasteiger partial charge in [-0.2, -0.15) is 0 Å². The van der Waals surface area contributed by atoms with Gasteiger partial charge in [0.2, 0.25) is 0 Å². The van der Waals surface area contributed by atoms with Crippen molar-refractivity contribution in [3.63, 3.8) is 0 Å². The molecular weight excluding hydrogens is 240 g/mol. The van der Waals surface area contributed by atoms with E-state index in [1.807, 2.05) is 13.8 Å². The highest BCUT2D eigenvalue weighted by Gasteiger charge is 2.34. The molecular formula is C12H27ClO2Si. The summed E-state index contributed by atoms with van der Waals surface area (Å²) in [7, 11) is -2.35. The lowest BCUT2D eigenvalue weighted by atomic mass is 10.1. The summed E-state index contributed by atoms with van der Waals surface area (Å²) < 4.78 is 11.2.